The molecule has 0 saturated heterocycles. The zero-order chi connectivity index (χ0) is 18.6. The van der Waals surface area contributed by atoms with Gasteiger partial charge in [0.1, 0.15) is 5.82 Å². The number of hydrogen-bond donors (Lipinski definition) is 2. The third-order valence-electron chi connectivity index (χ3n) is 3.63. The van der Waals surface area contributed by atoms with Crippen LogP contribution < -0.4 is 10.6 Å². The maximum atomic E-state index is 14.1. The number of aryl methyl sites for hydroxylation is 2. The average Bonchev–Trinajstić information content (AvgIpc) is 2.96. The number of amides is 2. The van der Waals surface area contributed by atoms with Gasteiger partial charge in [0.05, 0.1) is 30.1 Å². The number of urea groups is 1. The molecule has 2 N–H and O–H groups in total. The molecule has 0 aliphatic heterocycles. The quantitative estimate of drug-likeness (QED) is 0.814. The molecule has 134 valence electrons. The van der Waals surface area contributed by atoms with Crippen LogP contribution in [-0.2, 0) is 11.8 Å². The fraction of sp³-hybridized carbons (Fsp3) is 0.353. The Labute approximate surface area is 145 Å². The summed E-state index contributed by atoms with van der Waals surface area (Å²) < 4.78 is 20.7. The van der Waals surface area contributed by atoms with Gasteiger partial charge >= 0.3 is 12.0 Å². The van der Waals surface area contributed by atoms with Gasteiger partial charge in [-0.3, -0.25) is 4.68 Å². The van der Waals surface area contributed by atoms with Crippen molar-refractivity contribution in [2.75, 3.05) is 11.9 Å². The summed E-state index contributed by atoms with van der Waals surface area (Å²) in [5, 5.41) is 9.14. The van der Waals surface area contributed by atoms with Gasteiger partial charge in [-0.2, -0.15) is 5.10 Å². The molecule has 0 saturated carbocycles. The van der Waals surface area contributed by atoms with Gasteiger partial charge < -0.3 is 15.4 Å². The molecular weight excluding hydrogens is 327 g/mol. The van der Waals surface area contributed by atoms with E-state index >= 15 is 0 Å². The third kappa shape index (κ3) is 4.56. The number of hydrogen-bond acceptors (Lipinski definition) is 4. The molecule has 0 spiro atoms. The molecule has 2 rings (SSSR count). The van der Waals surface area contributed by atoms with Crippen molar-refractivity contribution in [2.24, 2.45) is 7.05 Å². The number of ether oxygens (including phenoxy) is 1. The standard InChI is InChI=1S/C17H21FN4O3/c1-5-25-16(23)13-7-15(14(18)6-10(13)2)21-17(24)20-11(3)12-8-19-22(4)9-12/h6-9,11H,5H2,1-4H3,(H2,20,21,24)/t11-/m1/s1. The van der Waals surface area contributed by atoms with E-state index in [1.807, 2.05) is 0 Å². The SMILES string of the molecule is CCOC(=O)c1cc(NC(=O)N[C@H](C)c2cnn(C)c2)c(F)cc1C. The molecule has 1 aromatic heterocycles. The third-order valence-corrected chi connectivity index (χ3v) is 3.63. The topological polar surface area (TPSA) is 85.2 Å². The minimum Gasteiger partial charge on any atom is -0.462 e. The molecule has 1 heterocycles. The molecule has 2 aromatic rings. The first-order valence-corrected chi connectivity index (χ1v) is 7.85. The number of aromatic nitrogens is 2. The van der Waals surface area contributed by atoms with Crippen molar-refractivity contribution in [3.63, 3.8) is 0 Å². The molecule has 1 aromatic carbocycles. The Bertz CT molecular complexity index is 788. The lowest BCUT2D eigenvalue weighted by atomic mass is 10.1. The van der Waals surface area contributed by atoms with Crippen molar-refractivity contribution in [3.8, 4) is 0 Å². The monoisotopic (exact) mass is 348 g/mol. The molecule has 0 radical (unpaired) electrons. The summed E-state index contributed by atoms with van der Waals surface area (Å²) in [5.74, 6) is -1.19. The summed E-state index contributed by atoms with van der Waals surface area (Å²) in [6.07, 6.45) is 3.41. The smallest absolute Gasteiger partial charge is 0.338 e. The van der Waals surface area contributed by atoms with Gasteiger partial charge in [0, 0.05) is 18.8 Å². The number of halogens is 1. The lowest BCUT2D eigenvalue weighted by molar-refractivity contribution is 0.0525. The number of nitrogens with one attached hydrogen (secondary N) is 2. The van der Waals surface area contributed by atoms with Crippen molar-refractivity contribution in [2.45, 2.75) is 26.8 Å². The summed E-state index contributed by atoms with van der Waals surface area (Å²) in [4.78, 5) is 24.0. The van der Waals surface area contributed by atoms with Gasteiger partial charge in [-0.1, -0.05) is 0 Å². The van der Waals surface area contributed by atoms with Gasteiger partial charge in [0.2, 0.25) is 0 Å². The molecule has 2 amide bonds. The molecular formula is C17H21FN4O3. The molecule has 0 aliphatic rings. The second kappa shape index (κ2) is 7.78. The van der Waals surface area contributed by atoms with Crippen LogP contribution in [0.25, 0.3) is 0 Å². The van der Waals surface area contributed by atoms with Crippen LogP contribution in [0.5, 0.6) is 0 Å². The number of carbonyl (C=O) groups is 2. The summed E-state index contributed by atoms with van der Waals surface area (Å²) in [7, 11) is 1.77. The van der Waals surface area contributed by atoms with Gasteiger partial charge in [-0.15, -0.1) is 0 Å². The van der Waals surface area contributed by atoms with E-state index in [1.54, 1.807) is 44.9 Å². The lowest BCUT2D eigenvalue weighted by Crippen LogP contribution is -2.31. The van der Waals surface area contributed by atoms with E-state index in [4.69, 9.17) is 4.74 Å². The van der Waals surface area contributed by atoms with Crippen molar-refractivity contribution >= 4 is 17.7 Å². The number of rotatable bonds is 5. The van der Waals surface area contributed by atoms with Crippen LogP contribution in [0.1, 0.15) is 41.4 Å². The maximum Gasteiger partial charge on any atom is 0.338 e. The van der Waals surface area contributed by atoms with E-state index < -0.39 is 17.8 Å². The number of esters is 1. The Morgan fingerprint density at radius 3 is 2.72 bits per heavy atom. The molecule has 25 heavy (non-hydrogen) atoms. The molecule has 8 heteroatoms. The van der Waals surface area contributed by atoms with Crippen LogP contribution >= 0.6 is 0 Å². The number of nitrogens with zero attached hydrogens (tertiary/aromatic N) is 2. The number of anilines is 1. The highest BCUT2D eigenvalue weighted by molar-refractivity contribution is 5.95. The minimum atomic E-state index is -0.630. The van der Waals surface area contributed by atoms with Crippen molar-refractivity contribution < 1.29 is 18.7 Å². The van der Waals surface area contributed by atoms with E-state index in [0.29, 0.717) is 5.56 Å². The summed E-state index contributed by atoms with van der Waals surface area (Å²) in [5.41, 5.74) is 1.36. The second-order valence-electron chi connectivity index (χ2n) is 5.63. The fourth-order valence-corrected chi connectivity index (χ4v) is 2.30. The van der Waals surface area contributed by atoms with Crippen LogP contribution in [0.15, 0.2) is 24.5 Å². The van der Waals surface area contributed by atoms with Crippen LogP contribution in [0.4, 0.5) is 14.9 Å². The van der Waals surface area contributed by atoms with Crippen molar-refractivity contribution in [3.05, 3.63) is 47.0 Å². The van der Waals surface area contributed by atoms with Gasteiger partial charge in [0.25, 0.3) is 0 Å². The lowest BCUT2D eigenvalue weighted by Gasteiger charge is -2.15. The van der Waals surface area contributed by atoms with E-state index in [9.17, 15) is 14.0 Å². The van der Waals surface area contributed by atoms with Crippen LogP contribution in [0, 0.1) is 12.7 Å². The highest BCUT2D eigenvalue weighted by Gasteiger charge is 2.17. The average molecular weight is 348 g/mol. The first-order chi connectivity index (χ1) is 11.8. The van der Waals surface area contributed by atoms with Gasteiger partial charge in [-0.25, -0.2) is 14.0 Å². The minimum absolute atomic E-state index is 0.0930. The van der Waals surface area contributed by atoms with E-state index in [2.05, 4.69) is 15.7 Å². The Morgan fingerprint density at radius 2 is 2.12 bits per heavy atom. The summed E-state index contributed by atoms with van der Waals surface area (Å²) >= 11 is 0. The summed E-state index contributed by atoms with van der Waals surface area (Å²) in [6, 6.07) is 1.56. The predicted octanol–water partition coefficient (Wildman–Crippen LogP) is 2.93. The highest BCUT2D eigenvalue weighted by atomic mass is 19.1. The van der Waals surface area contributed by atoms with Crippen LogP contribution in [0.2, 0.25) is 0 Å². The van der Waals surface area contributed by atoms with E-state index in [-0.39, 0.29) is 23.9 Å². The molecule has 0 fully saturated rings. The second-order valence-corrected chi connectivity index (χ2v) is 5.63. The van der Waals surface area contributed by atoms with Crippen molar-refractivity contribution in [1.82, 2.24) is 15.1 Å². The largest absolute Gasteiger partial charge is 0.462 e. The molecule has 7 nitrogen and oxygen atoms in total. The molecule has 0 aliphatic carbocycles. The Morgan fingerprint density at radius 1 is 1.40 bits per heavy atom. The van der Waals surface area contributed by atoms with Gasteiger partial charge in [-0.05, 0) is 38.5 Å². The molecule has 0 bridgehead atoms. The predicted molar refractivity (Wildman–Crippen MR) is 90.9 cm³/mol. The number of carbonyl (C=O) groups excluding carboxylic acids is 2. The zero-order valence-corrected chi connectivity index (χ0v) is 14.6. The van der Waals surface area contributed by atoms with Crippen LogP contribution in [-0.4, -0.2) is 28.4 Å². The normalized spacial score (nSPS) is 11.7. The Kier molecular flexibility index (Phi) is 5.74. The first kappa shape index (κ1) is 18.4. The first-order valence-electron chi connectivity index (χ1n) is 7.85. The zero-order valence-electron chi connectivity index (χ0n) is 14.6. The summed E-state index contributed by atoms with van der Waals surface area (Å²) in [6.45, 7) is 5.28. The highest BCUT2D eigenvalue weighted by Crippen LogP contribution is 2.21. The van der Waals surface area contributed by atoms with E-state index in [0.717, 1.165) is 5.56 Å². The van der Waals surface area contributed by atoms with Gasteiger partial charge in [0.15, 0.2) is 0 Å². The number of benzene rings is 1. The van der Waals surface area contributed by atoms with Crippen LogP contribution in [0.3, 0.4) is 0 Å². The fourth-order valence-electron chi connectivity index (χ4n) is 2.30. The Hall–Kier alpha value is -2.90. The maximum absolute atomic E-state index is 14.1. The van der Waals surface area contributed by atoms with Crippen molar-refractivity contribution in [1.29, 1.82) is 0 Å². The molecule has 0 unspecified atom stereocenters. The Balaban J connectivity index is 2.12. The molecule has 1 atom stereocenters. The van der Waals surface area contributed by atoms with E-state index in [1.165, 1.54) is 12.1 Å².